The molecule has 2 aromatic carbocycles. The number of hydrogen-bond acceptors (Lipinski definition) is 3. The predicted octanol–water partition coefficient (Wildman–Crippen LogP) is 4.81. The smallest absolute Gasteiger partial charge is 0.312 e. The van der Waals surface area contributed by atoms with Gasteiger partial charge >= 0.3 is 6.18 Å². The van der Waals surface area contributed by atoms with Gasteiger partial charge in [0.25, 0.3) is 0 Å². The number of anilines is 1. The van der Waals surface area contributed by atoms with E-state index >= 15 is 0 Å². The fraction of sp³-hybridized carbons (Fsp3) is 0.263. The Morgan fingerprint density at radius 3 is 2.58 bits per heavy atom. The maximum Gasteiger partial charge on any atom is 0.416 e. The summed E-state index contributed by atoms with van der Waals surface area (Å²) in [7, 11) is 0. The fourth-order valence-corrected chi connectivity index (χ4v) is 3.61. The third-order valence-electron chi connectivity index (χ3n) is 4.08. The Balaban J connectivity index is 1.68. The lowest BCUT2D eigenvalue weighted by Gasteiger charge is -2.16. The Kier molecular flexibility index (Phi) is 5.36. The summed E-state index contributed by atoms with van der Waals surface area (Å²) in [6, 6.07) is 11.7. The van der Waals surface area contributed by atoms with E-state index in [0.29, 0.717) is 29.1 Å². The molecule has 1 heterocycles. The van der Waals surface area contributed by atoms with E-state index < -0.39 is 11.7 Å². The highest BCUT2D eigenvalue weighted by atomic mass is 32.2. The standard InChI is InChI=1S/C19H16F3NO2S/c20-19(21,22)14-5-2-7-16(11-14)26-12-17(24)13-4-1-6-15(10-13)23-9-3-8-18(23)25/h1-2,4-7,10-11H,3,8-9,12H2. The van der Waals surface area contributed by atoms with Crippen LogP contribution in [0.4, 0.5) is 18.9 Å². The number of ketones is 1. The molecule has 26 heavy (non-hydrogen) atoms. The monoisotopic (exact) mass is 379 g/mol. The van der Waals surface area contributed by atoms with Crippen molar-refractivity contribution >= 4 is 29.1 Å². The van der Waals surface area contributed by atoms with Crippen LogP contribution in [0.5, 0.6) is 0 Å². The van der Waals surface area contributed by atoms with Crippen molar-refractivity contribution in [1.29, 1.82) is 0 Å². The number of amides is 1. The van der Waals surface area contributed by atoms with Gasteiger partial charge in [-0.2, -0.15) is 13.2 Å². The van der Waals surface area contributed by atoms with Crippen LogP contribution in [0, 0.1) is 0 Å². The Morgan fingerprint density at radius 1 is 1.12 bits per heavy atom. The number of nitrogens with zero attached hydrogens (tertiary/aromatic N) is 1. The van der Waals surface area contributed by atoms with E-state index in [4.69, 9.17) is 0 Å². The molecule has 1 aliphatic heterocycles. The van der Waals surface area contributed by atoms with Crippen LogP contribution in [0.25, 0.3) is 0 Å². The van der Waals surface area contributed by atoms with Gasteiger partial charge in [0.1, 0.15) is 0 Å². The van der Waals surface area contributed by atoms with Crippen LogP contribution in [-0.2, 0) is 11.0 Å². The SMILES string of the molecule is O=C(CSc1cccc(C(F)(F)F)c1)c1cccc(N2CCCC2=O)c1. The average molecular weight is 379 g/mol. The molecule has 1 saturated heterocycles. The number of hydrogen-bond donors (Lipinski definition) is 0. The molecule has 0 atom stereocenters. The van der Waals surface area contributed by atoms with E-state index in [1.807, 2.05) is 0 Å². The zero-order chi connectivity index (χ0) is 18.7. The van der Waals surface area contributed by atoms with Crippen molar-refractivity contribution in [2.24, 2.45) is 0 Å². The van der Waals surface area contributed by atoms with Crippen LogP contribution in [0.1, 0.15) is 28.8 Å². The number of thioether (sulfide) groups is 1. The molecule has 2 aromatic rings. The highest BCUT2D eigenvalue weighted by Crippen LogP contribution is 2.32. The Bertz CT molecular complexity index is 836. The van der Waals surface area contributed by atoms with E-state index in [0.717, 1.165) is 30.3 Å². The summed E-state index contributed by atoms with van der Waals surface area (Å²) in [5, 5.41) is 0. The minimum absolute atomic E-state index is 0.0265. The number of halogens is 3. The highest BCUT2D eigenvalue weighted by Gasteiger charge is 2.30. The maximum absolute atomic E-state index is 12.7. The first-order valence-electron chi connectivity index (χ1n) is 8.08. The van der Waals surface area contributed by atoms with Crippen LogP contribution >= 0.6 is 11.8 Å². The molecule has 0 aliphatic carbocycles. The molecule has 0 spiro atoms. The van der Waals surface area contributed by atoms with E-state index in [9.17, 15) is 22.8 Å². The van der Waals surface area contributed by atoms with Crippen molar-refractivity contribution in [3.8, 4) is 0 Å². The highest BCUT2D eigenvalue weighted by molar-refractivity contribution is 8.00. The quantitative estimate of drug-likeness (QED) is 0.553. The number of carbonyl (C=O) groups excluding carboxylic acids is 2. The number of carbonyl (C=O) groups is 2. The Labute approximate surface area is 153 Å². The summed E-state index contributed by atoms with van der Waals surface area (Å²) in [4.78, 5) is 26.3. The Hall–Kier alpha value is -2.28. The number of benzene rings is 2. The molecule has 1 fully saturated rings. The first kappa shape index (κ1) is 18.5. The van der Waals surface area contributed by atoms with E-state index in [2.05, 4.69) is 0 Å². The molecule has 1 amide bonds. The van der Waals surface area contributed by atoms with Crippen LogP contribution in [0.15, 0.2) is 53.4 Å². The molecule has 0 N–H and O–H groups in total. The van der Waals surface area contributed by atoms with Gasteiger partial charge in [0.05, 0.1) is 11.3 Å². The normalized spacial score (nSPS) is 14.7. The second-order valence-corrected chi connectivity index (χ2v) is 6.99. The van der Waals surface area contributed by atoms with Crippen molar-refractivity contribution in [1.82, 2.24) is 0 Å². The second-order valence-electron chi connectivity index (χ2n) is 5.94. The maximum atomic E-state index is 12.7. The molecule has 0 radical (unpaired) electrons. The minimum atomic E-state index is -4.41. The predicted molar refractivity (Wildman–Crippen MR) is 94.5 cm³/mol. The van der Waals surface area contributed by atoms with E-state index in [-0.39, 0.29) is 17.4 Å². The number of Topliss-reactive ketones (excluding diaryl/α,β-unsaturated/α-hetero) is 1. The molecule has 136 valence electrons. The molecule has 0 bridgehead atoms. The number of alkyl halides is 3. The average Bonchev–Trinajstić information content (AvgIpc) is 3.05. The fourth-order valence-electron chi connectivity index (χ4n) is 2.76. The Morgan fingerprint density at radius 2 is 1.88 bits per heavy atom. The van der Waals surface area contributed by atoms with E-state index in [1.54, 1.807) is 35.2 Å². The summed E-state index contributed by atoms with van der Waals surface area (Å²) in [5.74, 6) is -0.132. The van der Waals surface area contributed by atoms with Crippen LogP contribution in [0.3, 0.4) is 0 Å². The van der Waals surface area contributed by atoms with Gasteiger partial charge in [0.15, 0.2) is 5.78 Å². The third-order valence-corrected chi connectivity index (χ3v) is 5.08. The summed E-state index contributed by atoms with van der Waals surface area (Å²) >= 11 is 1.06. The van der Waals surface area contributed by atoms with Crippen LogP contribution < -0.4 is 4.90 Å². The van der Waals surface area contributed by atoms with Gasteiger partial charge in [-0.15, -0.1) is 11.8 Å². The molecule has 3 rings (SSSR count). The van der Waals surface area contributed by atoms with Crippen molar-refractivity contribution in [2.45, 2.75) is 23.9 Å². The van der Waals surface area contributed by atoms with Crippen molar-refractivity contribution in [3.63, 3.8) is 0 Å². The summed E-state index contributed by atoms with van der Waals surface area (Å²) in [5.41, 5.74) is 0.397. The minimum Gasteiger partial charge on any atom is -0.312 e. The van der Waals surface area contributed by atoms with Gasteiger partial charge in [-0.25, -0.2) is 0 Å². The van der Waals surface area contributed by atoms with Crippen LogP contribution in [-0.4, -0.2) is 24.0 Å². The molecule has 1 aliphatic rings. The first-order valence-corrected chi connectivity index (χ1v) is 9.07. The topological polar surface area (TPSA) is 37.4 Å². The lowest BCUT2D eigenvalue weighted by Crippen LogP contribution is -2.23. The van der Waals surface area contributed by atoms with Crippen LogP contribution in [0.2, 0.25) is 0 Å². The second kappa shape index (κ2) is 7.53. The van der Waals surface area contributed by atoms with Crippen molar-refractivity contribution in [3.05, 3.63) is 59.7 Å². The van der Waals surface area contributed by atoms with Gasteiger partial charge in [-0.05, 0) is 36.8 Å². The molecule has 0 saturated carbocycles. The lowest BCUT2D eigenvalue weighted by atomic mass is 10.1. The van der Waals surface area contributed by atoms with Gasteiger partial charge < -0.3 is 4.90 Å². The zero-order valence-electron chi connectivity index (χ0n) is 13.8. The molecule has 0 aromatic heterocycles. The summed E-state index contributed by atoms with van der Waals surface area (Å²) < 4.78 is 38.2. The number of rotatable bonds is 5. The lowest BCUT2D eigenvalue weighted by molar-refractivity contribution is -0.137. The molecular formula is C19H16F3NO2S. The molecule has 0 unspecified atom stereocenters. The van der Waals surface area contributed by atoms with Crippen molar-refractivity contribution < 1.29 is 22.8 Å². The third kappa shape index (κ3) is 4.27. The molecule has 3 nitrogen and oxygen atoms in total. The molecule has 7 heteroatoms. The van der Waals surface area contributed by atoms with Gasteiger partial charge in [-0.3, -0.25) is 9.59 Å². The summed E-state index contributed by atoms with van der Waals surface area (Å²) in [6.07, 6.45) is -3.11. The first-order chi connectivity index (χ1) is 12.3. The largest absolute Gasteiger partial charge is 0.416 e. The molecular weight excluding hydrogens is 363 g/mol. The zero-order valence-corrected chi connectivity index (χ0v) is 14.6. The van der Waals surface area contributed by atoms with Gasteiger partial charge in [0, 0.05) is 29.1 Å². The van der Waals surface area contributed by atoms with Gasteiger partial charge in [-0.1, -0.05) is 18.2 Å². The summed E-state index contributed by atoms with van der Waals surface area (Å²) in [6.45, 7) is 0.634. The van der Waals surface area contributed by atoms with Crippen molar-refractivity contribution in [2.75, 3.05) is 17.2 Å². The van der Waals surface area contributed by atoms with E-state index in [1.165, 1.54) is 6.07 Å². The van der Waals surface area contributed by atoms with Gasteiger partial charge in [0.2, 0.25) is 5.91 Å².